The first kappa shape index (κ1) is 27.4. The lowest BCUT2D eigenvalue weighted by Gasteiger charge is -2.06. The van der Waals surface area contributed by atoms with Gasteiger partial charge in [-0.1, -0.05) is 60.7 Å². The van der Waals surface area contributed by atoms with Crippen LogP contribution in [-0.2, 0) is 0 Å². The third-order valence-electron chi connectivity index (χ3n) is 6.00. The van der Waals surface area contributed by atoms with E-state index in [2.05, 4.69) is 29.9 Å². The molecule has 5 aromatic rings. The van der Waals surface area contributed by atoms with Gasteiger partial charge in [-0.2, -0.15) is 0 Å². The van der Waals surface area contributed by atoms with Gasteiger partial charge in [-0.3, -0.25) is 9.97 Å². The Morgan fingerprint density at radius 3 is 1.19 bits per heavy atom. The molecule has 0 radical (unpaired) electrons. The molecule has 0 bridgehead atoms. The molecule has 206 valence electrons. The summed E-state index contributed by atoms with van der Waals surface area (Å²) in [7, 11) is 0. The standard InChI is InChI=1S/C22H16N6O2.2C5H5N/c23-19-11-5-1-3-7-13(11)21(27-19)25-15-9-16(18(30)10-17(15)29)26-22-14-8-4-2-6-12(14)20(24)28-22;2*1-2-4-6-5-3-1/h1-10,29-30H,(H2,23,25,27)(H2,24,26,28);2*1-5H. The number of aromatic nitrogens is 2. The molecular formula is C32H26N8O2. The van der Waals surface area contributed by atoms with Crippen molar-refractivity contribution in [3.63, 3.8) is 0 Å². The van der Waals surface area contributed by atoms with E-state index in [1.807, 2.05) is 84.9 Å². The summed E-state index contributed by atoms with van der Waals surface area (Å²) in [5, 5.41) is 20.6. The molecule has 0 atom stereocenters. The first-order chi connectivity index (χ1) is 20.5. The molecule has 0 saturated carbocycles. The van der Waals surface area contributed by atoms with Crippen molar-refractivity contribution in [2.75, 3.05) is 0 Å². The van der Waals surface area contributed by atoms with Crippen LogP contribution < -0.4 is 11.5 Å². The molecule has 0 unspecified atom stereocenters. The smallest absolute Gasteiger partial charge is 0.163 e. The van der Waals surface area contributed by atoms with Crippen molar-refractivity contribution in [2.45, 2.75) is 0 Å². The minimum absolute atomic E-state index is 0.193. The fourth-order valence-corrected chi connectivity index (χ4v) is 4.03. The number of phenols is 2. The number of hydrogen-bond acceptors (Lipinski definition) is 8. The second-order valence-electron chi connectivity index (χ2n) is 8.83. The van der Waals surface area contributed by atoms with Crippen LogP contribution in [0.5, 0.6) is 11.5 Å². The summed E-state index contributed by atoms with van der Waals surface area (Å²) in [4.78, 5) is 25.0. The number of benzene rings is 3. The summed E-state index contributed by atoms with van der Waals surface area (Å²) in [6.45, 7) is 0. The van der Waals surface area contributed by atoms with Crippen molar-refractivity contribution in [2.24, 2.45) is 31.4 Å². The second kappa shape index (κ2) is 12.8. The fraction of sp³-hybridized carbons (Fsp3) is 0. The van der Waals surface area contributed by atoms with Gasteiger partial charge in [0.1, 0.15) is 34.5 Å². The zero-order chi connectivity index (χ0) is 29.3. The molecule has 2 aliphatic rings. The monoisotopic (exact) mass is 554 g/mol. The van der Waals surface area contributed by atoms with E-state index in [9.17, 15) is 10.2 Å². The second-order valence-corrected chi connectivity index (χ2v) is 8.83. The summed E-state index contributed by atoms with van der Waals surface area (Å²) in [5.74, 6) is 1.03. The van der Waals surface area contributed by atoms with Crippen LogP contribution in [0, 0.1) is 0 Å². The number of nitrogens with two attached hydrogens (primary N) is 2. The Morgan fingerprint density at radius 1 is 0.476 bits per heavy atom. The van der Waals surface area contributed by atoms with Crippen LogP contribution >= 0.6 is 0 Å². The summed E-state index contributed by atoms with van der Waals surface area (Å²) in [5.41, 5.74) is 15.4. The van der Waals surface area contributed by atoms with Gasteiger partial charge in [-0.25, -0.2) is 20.0 Å². The molecule has 6 N–H and O–H groups in total. The number of amidine groups is 4. The highest BCUT2D eigenvalue weighted by atomic mass is 16.3. The Balaban J connectivity index is 0.000000243. The first-order valence-corrected chi connectivity index (χ1v) is 12.8. The molecule has 10 heteroatoms. The number of fused-ring (bicyclic) bond motifs is 2. The van der Waals surface area contributed by atoms with E-state index >= 15 is 0 Å². The van der Waals surface area contributed by atoms with Gasteiger partial charge in [0.15, 0.2) is 11.7 Å². The minimum Gasteiger partial charge on any atom is -0.506 e. The topological polar surface area (TPSA) is 168 Å². The Labute approximate surface area is 241 Å². The fourth-order valence-electron chi connectivity index (χ4n) is 4.03. The first-order valence-electron chi connectivity index (χ1n) is 12.8. The number of nitrogens with zero attached hydrogens (tertiary/aromatic N) is 6. The minimum atomic E-state index is -0.211. The van der Waals surface area contributed by atoms with Crippen LogP contribution in [0.15, 0.2) is 142 Å². The van der Waals surface area contributed by atoms with E-state index in [0.717, 1.165) is 22.3 Å². The molecule has 42 heavy (non-hydrogen) atoms. The Bertz CT molecular complexity index is 1630. The summed E-state index contributed by atoms with van der Waals surface area (Å²) in [6.07, 6.45) is 7.00. The van der Waals surface area contributed by atoms with Crippen molar-refractivity contribution < 1.29 is 10.2 Å². The van der Waals surface area contributed by atoms with Gasteiger partial charge in [-0.15, -0.1) is 0 Å². The van der Waals surface area contributed by atoms with Gasteiger partial charge >= 0.3 is 0 Å². The highest BCUT2D eigenvalue weighted by molar-refractivity contribution is 6.23. The van der Waals surface area contributed by atoms with Crippen molar-refractivity contribution in [1.82, 2.24) is 9.97 Å². The van der Waals surface area contributed by atoms with E-state index in [1.165, 1.54) is 12.1 Å². The molecule has 4 heterocycles. The lowest BCUT2D eigenvalue weighted by Crippen LogP contribution is -2.09. The number of rotatable bonds is 2. The largest absolute Gasteiger partial charge is 0.506 e. The zero-order valence-electron chi connectivity index (χ0n) is 22.3. The van der Waals surface area contributed by atoms with E-state index in [4.69, 9.17) is 11.5 Å². The summed E-state index contributed by atoms with van der Waals surface area (Å²) >= 11 is 0. The third kappa shape index (κ3) is 6.35. The van der Waals surface area contributed by atoms with Crippen molar-refractivity contribution >= 4 is 34.7 Å². The Hall–Kier alpha value is -6.16. The van der Waals surface area contributed by atoms with Gasteiger partial charge in [0, 0.05) is 53.1 Å². The Kier molecular flexibility index (Phi) is 8.35. The van der Waals surface area contributed by atoms with Crippen LogP contribution in [0.25, 0.3) is 0 Å². The van der Waals surface area contributed by atoms with Gasteiger partial charge in [0.05, 0.1) is 0 Å². The normalized spacial score (nSPS) is 14.5. The zero-order valence-corrected chi connectivity index (χ0v) is 22.3. The maximum atomic E-state index is 10.3. The molecule has 7 rings (SSSR count). The van der Waals surface area contributed by atoms with Gasteiger partial charge in [0.25, 0.3) is 0 Å². The number of aliphatic imine (C=N–C) groups is 4. The molecule has 3 aromatic carbocycles. The molecule has 0 fully saturated rings. The lowest BCUT2D eigenvalue weighted by molar-refractivity contribution is 0.452. The highest BCUT2D eigenvalue weighted by Crippen LogP contribution is 2.40. The van der Waals surface area contributed by atoms with E-state index < -0.39 is 0 Å². The molecule has 0 amide bonds. The van der Waals surface area contributed by atoms with Gasteiger partial charge < -0.3 is 21.7 Å². The van der Waals surface area contributed by atoms with E-state index in [0.29, 0.717) is 23.3 Å². The number of pyridine rings is 2. The average Bonchev–Trinajstić information content (AvgIpc) is 3.53. The maximum absolute atomic E-state index is 10.3. The molecule has 0 aliphatic carbocycles. The number of aromatic hydroxyl groups is 2. The van der Waals surface area contributed by atoms with Crippen LogP contribution in [0.4, 0.5) is 11.4 Å². The quantitative estimate of drug-likeness (QED) is 0.243. The molecule has 0 saturated heterocycles. The maximum Gasteiger partial charge on any atom is 0.163 e. The predicted octanol–water partition coefficient (Wildman–Crippen LogP) is 4.86. The molecule has 2 aliphatic heterocycles. The van der Waals surface area contributed by atoms with Gasteiger partial charge in [-0.05, 0) is 30.3 Å². The number of phenolic OH excluding ortho intramolecular Hbond substituents is 2. The number of hydrogen-bond donors (Lipinski definition) is 4. The highest BCUT2D eigenvalue weighted by Gasteiger charge is 2.21. The SMILES string of the molecule is NC1=NC(=Nc2cc(N=C3N=C(N)c4ccccc43)c(O)cc2O)c2ccccc21.c1ccncc1.c1ccncc1. The molecular weight excluding hydrogens is 528 g/mol. The van der Waals surface area contributed by atoms with Crippen LogP contribution in [0.3, 0.4) is 0 Å². The van der Waals surface area contributed by atoms with Crippen LogP contribution in [-0.4, -0.2) is 43.5 Å². The average molecular weight is 555 g/mol. The van der Waals surface area contributed by atoms with Gasteiger partial charge in [0.2, 0.25) is 0 Å². The third-order valence-corrected chi connectivity index (χ3v) is 6.00. The van der Waals surface area contributed by atoms with E-state index in [1.54, 1.807) is 24.8 Å². The van der Waals surface area contributed by atoms with E-state index in [-0.39, 0.29) is 22.9 Å². The predicted molar refractivity (Wildman–Crippen MR) is 165 cm³/mol. The summed E-state index contributed by atoms with van der Waals surface area (Å²) in [6, 6.07) is 28.9. The Morgan fingerprint density at radius 2 is 0.857 bits per heavy atom. The van der Waals surface area contributed by atoms with Crippen LogP contribution in [0.1, 0.15) is 22.3 Å². The molecule has 10 nitrogen and oxygen atoms in total. The summed E-state index contributed by atoms with van der Waals surface area (Å²) < 4.78 is 0. The van der Waals surface area contributed by atoms with Crippen LogP contribution in [0.2, 0.25) is 0 Å². The van der Waals surface area contributed by atoms with Crippen molar-refractivity contribution in [3.05, 3.63) is 144 Å². The lowest BCUT2D eigenvalue weighted by atomic mass is 10.1. The molecule has 0 spiro atoms. The molecule has 2 aromatic heterocycles. The van der Waals surface area contributed by atoms with Crippen molar-refractivity contribution in [3.8, 4) is 11.5 Å². The van der Waals surface area contributed by atoms with Crippen molar-refractivity contribution in [1.29, 1.82) is 0 Å².